The minimum absolute atomic E-state index is 0.0529. The van der Waals surface area contributed by atoms with E-state index in [9.17, 15) is 4.39 Å². The van der Waals surface area contributed by atoms with Gasteiger partial charge in [0.05, 0.1) is 0 Å². The molecule has 1 N–H and O–H groups in total. The fraction of sp³-hybridized carbons (Fsp3) is 0.625. The number of halogens is 1. The van der Waals surface area contributed by atoms with Gasteiger partial charge in [0.1, 0.15) is 5.82 Å². The first kappa shape index (κ1) is 17.5. The van der Waals surface area contributed by atoms with Crippen molar-refractivity contribution in [3.05, 3.63) is 29.6 Å². The molecule has 1 aromatic rings. The van der Waals surface area contributed by atoms with Crippen molar-refractivity contribution in [2.24, 2.45) is 0 Å². The summed E-state index contributed by atoms with van der Waals surface area (Å²) in [4.78, 5) is 3.45. The van der Waals surface area contributed by atoms with Gasteiger partial charge in [-0.3, -0.25) is 0 Å². The maximum atomic E-state index is 14.1. The van der Waals surface area contributed by atoms with Crippen LogP contribution in [-0.2, 0) is 0 Å². The van der Waals surface area contributed by atoms with Crippen LogP contribution in [0.4, 0.5) is 4.39 Å². The van der Waals surface area contributed by atoms with Crippen molar-refractivity contribution in [1.29, 1.82) is 0 Å². The molecule has 0 fully saturated rings. The van der Waals surface area contributed by atoms with Crippen molar-refractivity contribution < 1.29 is 4.39 Å². The average Bonchev–Trinajstić information content (AvgIpc) is 2.44. The molecule has 0 aliphatic carbocycles. The monoisotopic (exact) mass is 298 g/mol. The van der Waals surface area contributed by atoms with E-state index in [0.717, 1.165) is 42.4 Å². The Bertz CT molecular complexity index is 394. The molecule has 1 aromatic carbocycles. The topological polar surface area (TPSA) is 15.3 Å². The number of benzene rings is 1. The summed E-state index contributed by atoms with van der Waals surface area (Å²) in [6.07, 6.45) is 0. The zero-order valence-corrected chi connectivity index (χ0v) is 13.9. The molecule has 20 heavy (non-hydrogen) atoms. The van der Waals surface area contributed by atoms with E-state index in [4.69, 9.17) is 0 Å². The van der Waals surface area contributed by atoms with Gasteiger partial charge in [0.15, 0.2) is 0 Å². The number of hydrogen-bond acceptors (Lipinski definition) is 3. The second-order valence-corrected chi connectivity index (χ2v) is 5.94. The average molecular weight is 298 g/mol. The smallest absolute Gasteiger partial charge is 0.129 e. The molecule has 0 heterocycles. The third kappa shape index (κ3) is 5.08. The molecule has 114 valence electrons. The molecule has 0 amide bonds. The Balaban J connectivity index is 2.71. The van der Waals surface area contributed by atoms with Crippen LogP contribution in [0, 0.1) is 5.82 Å². The van der Waals surface area contributed by atoms with Gasteiger partial charge >= 0.3 is 0 Å². The van der Waals surface area contributed by atoms with E-state index in [0.29, 0.717) is 0 Å². The minimum Gasteiger partial charge on any atom is -0.310 e. The van der Waals surface area contributed by atoms with Gasteiger partial charge < -0.3 is 10.2 Å². The maximum absolute atomic E-state index is 14.1. The minimum atomic E-state index is -0.105. The summed E-state index contributed by atoms with van der Waals surface area (Å²) in [7, 11) is 0. The SMILES string of the molecule is CCNC(C)c1c(F)cccc1SCCN(CC)CC. The quantitative estimate of drug-likeness (QED) is 0.695. The van der Waals surface area contributed by atoms with E-state index >= 15 is 0 Å². The fourth-order valence-electron chi connectivity index (χ4n) is 2.30. The normalized spacial score (nSPS) is 12.9. The van der Waals surface area contributed by atoms with Crippen molar-refractivity contribution in [2.45, 2.75) is 38.6 Å². The Hall–Kier alpha value is -0.580. The van der Waals surface area contributed by atoms with Gasteiger partial charge in [0.25, 0.3) is 0 Å². The summed E-state index contributed by atoms with van der Waals surface area (Å²) in [5.41, 5.74) is 0.805. The maximum Gasteiger partial charge on any atom is 0.129 e. The fourth-order valence-corrected chi connectivity index (χ4v) is 3.47. The summed E-state index contributed by atoms with van der Waals surface area (Å²) in [6, 6.07) is 5.44. The Kier molecular flexibility index (Phi) is 8.19. The summed E-state index contributed by atoms with van der Waals surface area (Å²) in [5, 5.41) is 3.30. The molecule has 1 atom stereocenters. The number of nitrogens with zero attached hydrogens (tertiary/aromatic N) is 1. The van der Waals surface area contributed by atoms with Crippen LogP contribution in [0.5, 0.6) is 0 Å². The predicted octanol–water partition coefficient (Wildman–Crippen LogP) is 3.93. The van der Waals surface area contributed by atoms with Crippen molar-refractivity contribution in [2.75, 3.05) is 31.9 Å². The first-order valence-electron chi connectivity index (χ1n) is 7.50. The molecule has 0 bridgehead atoms. The van der Waals surface area contributed by atoms with Gasteiger partial charge in [-0.15, -0.1) is 11.8 Å². The Labute approximate surface area is 127 Å². The number of rotatable bonds is 9. The van der Waals surface area contributed by atoms with Crippen LogP contribution < -0.4 is 5.32 Å². The van der Waals surface area contributed by atoms with Crippen LogP contribution in [0.15, 0.2) is 23.1 Å². The molecule has 0 aromatic heterocycles. The van der Waals surface area contributed by atoms with E-state index in [-0.39, 0.29) is 11.9 Å². The van der Waals surface area contributed by atoms with Gasteiger partial charge in [-0.1, -0.05) is 26.8 Å². The van der Waals surface area contributed by atoms with Crippen LogP contribution in [0.1, 0.15) is 39.3 Å². The van der Waals surface area contributed by atoms with Crippen LogP contribution in [0.3, 0.4) is 0 Å². The zero-order chi connectivity index (χ0) is 15.0. The molecule has 0 aliphatic heterocycles. The largest absolute Gasteiger partial charge is 0.310 e. The second-order valence-electron chi connectivity index (χ2n) is 4.81. The van der Waals surface area contributed by atoms with Gasteiger partial charge in [-0.25, -0.2) is 4.39 Å². The van der Waals surface area contributed by atoms with Crippen LogP contribution in [0.25, 0.3) is 0 Å². The second kappa shape index (κ2) is 9.37. The van der Waals surface area contributed by atoms with Gasteiger partial charge in [-0.05, 0) is 38.7 Å². The van der Waals surface area contributed by atoms with Crippen molar-refractivity contribution in [3.63, 3.8) is 0 Å². The van der Waals surface area contributed by atoms with E-state index < -0.39 is 0 Å². The highest BCUT2D eigenvalue weighted by atomic mass is 32.2. The number of nitrogens with one attached hydrogen (secondary N) is 1. The lowest BCUT2D eigenvalue weighted by Gasteiger charge is -2.20. The zero-order valence-electron chi connectivity index (χ0n) is 13.1. The summed E-state index contributed by atoms with van der Waals surface area (Å²) in [5.74, 6) is 0.892. The van der Waals surface area contributed by atoms with E-state index in [1.807, 2.05) is 19.9 Å². The molecule has 1 unspecified atom stereocenters. The molecule has 0 aliphatic rings. The molecular formula is C16H27FN2S. The van der Waals surface area contributed by atoms with Crippen LogP contribution >= 0.6 is 11.8 Å². The molecule has 4 heteroatoms. The van der Waals surface area contributed by atoms with Crippen LogP contribution in [0.2, 0.25) is 0 Å². The van der Waals surface area contributed by atoms with E-state index in [2.05, 4.69) is 24.1 Å². The number of hydrogen-bond donors (Lipinski definition) is 1. The van der Waals surface area contributed by atoms with E-state index in [1.165, 1.54) is 0 Å². The Morgan fingerprint density at radius 3 is 2.55 bits per heavy atom. The summed E-state index contributed by atoms with van der Waals surface area (Å²) >= 11 is 1.75. The molecule has 1 rings (SSSR count). The van der Waals surface area contributed by atoms with Crippen molar-refractivity contribution >= 4 is 11.8 Å². The molecule has 0 radical (unpaired) electrons. The lowest BCUT2D eigenvalue weighted by Crippen LogP contribution is -2.25. The van der Waals surface area contributed by atoms with Crippen LogP contribution in [-0.4, -0.2) is 36.8 Å². The Morgan fingerprint density at radius 2 is 1.95 bits per heavy atom. The Morgan fingerprint density at radius 1 is 1.25 bits per heavy atom. The molecule has 0 saturated carbocycles. The third-order valence-electron chi connectivity index (χ3n) is 3.52. The van der Waals surface area contributed by atoms with Gasteiger partial charge in [0.2, 0.25) is 0 Å². The summed E-state index contributed by atoms with van der Waals surface area (Å²) in [6.45, 7) is 12.5. The standard InChI is InChI=1S/C16H27FN2S/c1-5-18-13(4)16-14(17)9-8-10-15(16)20-12-11-19(6-2)7-3/h8-10,13,18H,5-7,11-12H2,1-4H3. The van der Waals surface area contributed by atoms with E-state index in [1.54, 1.807) is 23.9 Å². The van der Waals surface area contributed by atoms with Crippen molar-refractivity contribution in [3.8, 4) is 0 Å². The lowest BCUT2D eigenvalue weighted by atomic mass is 10.1. The van der Waals surface area contributed by atoms with Gasteiger partial charge in [0, 0.05) is 28.8 Å². The number of thioether (sulfide) groups is 1. The highest BCUT2D eigenvalue weighted by Crippen LogP contribution is 2.29. The van der Waals surface area contributed by atoms with Gasteiger partial charge in [-0.2, -0.15) is 0 Å². The predicted molar refractivity (Wildman–Crippen MR) is 87.0 cm³/mol. The lowest BCUT2D eigenvalue weighted by molar-refractivity contribution is 0.324. The highest BCUT2D eigenvalue weighted by Gasteiger charge is 2.15. The molecule has 2 nitrogen and oxygen atoms in total. The highest BCUT2D eigenvalue weighted by molar-refractivity contribution is 7.99. The first-order chi connectivity index (χ1) is 9.63. The van der Waals surface area contributed by atoms with Crippen molar-refractivity contribution in [1.82, 2.24) is 10.2 Å². The molecular weight excluding hydrogens is 271 g/mol. The molecule has 0 spiro atoms. The third-order valence-corrected chi connectivity index (χ3v) is 4.57. The first-order valence-corrected chi connectivity index (χ1v) is 8.49. The summed E-state index contributed by atoms with van der Waals surface area (Å²) < 4.78 is 14.1. The molecule has 0 saturated heterocycles.